The van der Waals surface area contributed by atoms with E-state index < -0.39 is 7.12 Å². The Hall–Kier alpha value is -0.515. The smallest absolute Gasteiger partial charge is 0.423 e. The van der Waals surface area contributed by atoms with Crippen molar-refractivity contribution in [2.24, 2.45) is 0 Å². The summed E-state index contributed by atoms with van der Waals surface area (Å²) in [5.74, 6) is 0. The van der Waals surface area contributed by atoms with E-state index >= 15 is 0 Å². The van der Waals surface area contributed by atoms with Crippen LogP contribution in [0.1, 0.15) is 13.8 Å². The van der Waals surface area contributed by atoms with Gasteiger partial charge >= 0.3 is 7.12 Å². The van der Waals surface area contributed by atoms with Crippen LogP contribution in [0.15, 0.2) is 23.4 Å². The Labute approximate surface area is 82.4 Å². The fourth-order valence-electron chi connectivity index (χ4n) is 0.856. The van der Waals surface area contributed by atoms with Gasteiger partial charge in [0.15, 0.2) is 0 Å². The topological polar surface area (TPSA) is 53.4 Å². The fraction of sp³-hybridized carbons (Fsp3) is 0.375. The van der Waals surface area contributed by atoms with Crippen LogP contribution >= 0.6 is 11.8 Å². The van der Waals surface area contributed by atoms with Crippen molar-refractivity contribution >= 4 is 24.3 Å². The van der Waals surface area contributed by atoms with Crippen molar-refractivity contribution < 1.29 is 10.0 Å². The summed E-state index contributed by atoms with van der Waals surface area (Å²) < 4.78 is 0. The van der Waals surface area contributed by atoms with E-state index in [2.05, 4.69) is 18.8 Å². The van der Waals surface area contributed by atoms with Crippen molar-refractivity contribution in [1.82, 2.24) is 4.98 Å². The summed E-state index contributed by atoms with van der Waals surface area (Å²) in [5, 5.41) is 19.0. The molecule has 0 aromatic carbocycles. The lowest BCUT2D eigenvalue weighted by atomic mass is 9.82. The van der Waals surface area contributed by atoms with Gasteiger partial charge in [0.05, 0.1) is 5.03 Å². The Morgan fingerprint density at radius 1 is 1.38 bits per heavy atom. The third-order valence-electron chi connectivity index (χ3n) is 1.41. The van der Waals surface area contributed by atoms with Crippen LogP contribution in [0.2, 0.25) is 0 Å². The molecule has 70 valence electrons. The third-order valence-corrected chi connectivity index (χ3v) is 2.37. The number of rotatable bonds is 3. The zero-order valence-electron chi connectivity index (χ0n) is 7.64. The Bertz CT molecular complexity index is 263. The summed E-state index contributed by atoms with van der Waals surface area (Å²) in [6.45, 7) is 4.17. The summed E-state index contributed by atoms with van der Waals surface area (Å²) in [4.78, 5) is 4.08. The lowest BCUT2D eigenvalue weighted by Gasteiger charge is -2.04. The maximum Gasteiger partial charge on any atom is 0.490 e. The molecule has 0 aliphatic carbocycles. The highest BCUT2D eigenvalue weighted by molar-refractivity contribution is 7.99. The minimum atomic E-state index is -1.43. The van der Waals surface area contributed by atoms with Crippen LogP contribution < -0.4 is 5.46 Å². The van der Waals surface area contributed by atoms with Gasteiger partial charge in [0.1, 0.15) is 0 Å². The molecule has 0 saturated heterocycles. The first-order valence-electron chi connectivity index (χ1n) is 4.08. The number of aromatic nitrogens is 1. The average molecular weight is 197 g/mol. The molecule has 0 radical (unpaired) electrons. The molecule has 1 aromatic rings. The molecule has 0 aliphatic rings. The molecule has 0 spiro atoms. The van der Waals surface area contributed by atoms with Crippen LogP contribution in [0.3, 0.4) is 0 Å². The van der Waals surface area contributed by atoms with Crippen molar-refractivity contribution in [3.8, 4) is 0 Å². The summed E-state index contributed by atoms with van der Waals surface area (Å²) in [6, 6.07) is 3.46. The molecule has 3 nitrogen and oxygen atoms in total. The molecule has 1 rings (SSSR count). The first kappa shape index (κ1) is 10.6. The largest absolute Gasteiger partial charge is 0.490 e. The molecule has 0 bridgehead atoms. The molecule has 1 aromatic heterocycles. The van der Waals surface area contributed by atoms with E-state index in [-0.39, 0.29) is 0 Å². The van der Waals surface area contributed by atoms with E-state index in [1.165, 1.54) is 6.20 Å². The molecule has 0 aliphatic heterocycles. The quantitative estimate of drug-likeness (QED) is 0.539. The van der Waals surface area contributed by atoms with Crippen LogP contribution in [-0.2, 0) is 0 Å². The van der Waals surface area contributed by atoms with Gasteiger partial charge in [-0.1, -0.05) is 19.9 Å². The summed E-state index contributed by atoms with van der Waals surface area (Å²) in [5.41, 5.74) is 0.424. The number of nitrogens with zero attached hydrogens (tertiary/aromatic N) is 1. The van der Waals surface area contributed by atoms with Crippen molar-refractivity contribution in [2.75, 3.05) is 0 Å². The van der Waals surface area contributed by atoms with Crippen LogP contribution in [0.25, 0.3) is 0 Å². The maximum atomic E-state index is 8.81. The van der Waals surface area contributed by atoms with Gasteiger partial charge in [0, 0.05) is 16.9 Å². The van der Waals surface area contributed by atoms with Crippen LogP contribution in [0.5, 0.6) is 0 Å². The summed E-state index contributed by atoms with van der Waals surface area (Å²) >= 11 is 1.64. The van der Waals surface area contributed by atoms with Gasteiger partial charge in [0.25, 0.3) is 0 Å². The predicted octanol–water partition coefficient (Wildman–Crippen LogP) is 0.262. The van der Waals surface area contributed by atoms with Crippen LogP contribution in [0.4, 0.5) is 0 Å². The Balaban J connectivity index is 2.70. The second-order valence-electron chi connectivity index (χ2n) is 2.97. The molecule has 2 N–H and O–H groups in total. The van der Waals surface area contributed by atoms with Gasteiger partial charge < -0.3 is 10.0 Å². The lowest BCUT2D eigenvalue weighted by molar-refractivity contribution is 0.425. The highest BCUT2D eigenvalue weighted by Gasteiger charge is 2.10. The lowest BCUT2D eigenvalue weighted by Crippen LogP contribution is -2.29. The Morgan fingerprint density at radius 2 is 2.08 bits per heavy atom. The van der Waals surface area contributed by atoms with E-state index in [9.17, 15) is 0 Å². The molecule has 0 atom stereocenters. The zero-order valence-corrected chi connectivity index (χ0v) is 8.45. The molecule has 0 saturated carbocycles. The van der Waals surface area contributed by atoms with Crippen LogP contribution in [-0.4, -0.2) is 27.4 Å². The van der Waals surface area contributed by atoms with Gasteiger partial charge in [-0.25, -0.2) is 0 Å². The molecule has 13 heavy (non-hydrogen) atoms. The first-order valence-corrected chi connectivity index (χ1v) is 4.96. The monoisotopic (exact) mass is 197 g/mol. The molecule has 5 heteroatoms. The van der Waals surface area contributed by atoms with Crippen LogP contribution in [0, 0.1) is 0 Å². The molecule has 0 fully saturated rings. The number of hydrogen-bond acceptors (Lipinski definition) is 4. The zero-order chi connectivity index (χ0) is 9.84. The van der Waals surface area contributed by atoms with E-state index in [4.69, 9.17) is 10.0 Å². The number of hydrogen-bond donors (Lipinski definition) is 2. The summed E-state index contributed by atoms with van der Waals surface area (Å²) in [6.07, 6.45) is 1.48. The third kappa shape index (κ3) is 3.38. The van der Waals surface area contributed by atoms with Crippen molar-refractivity contribution in [3.05, 3.63) is 18.3 Å². The number of pyridine rings is 1. The van der Waals surface area contributed by atoms with Gasteiger partial charge in [-0.05, 0) is 6.07 Å². The Kier molecular flexibility index (Phi) is 3.78. The highest BCUT2D eigenvalue weighted by atomic mass is 32.2. The van der Waals surface area contributed by atoms with E-state index in [0.717, 1.165) is 5.03 Å². The molecule has 0 unspecified atom stereocenters. The van der Waals surface area contributed by atoms with Crippen molar-refractivity contribution in [2.45, 2.75) is 24.1 Å². The predicted molar refractivity (Wildman–Crippen MR) is 55.1 cm³/mol. The first-order chi connectivity index (χ1) is 6.09. The minimum absolute atomic E-state index is 0.424. The molecule has 1 heterocycles. The molecular formula is C8H12BNO2S. The fourth-order valence-corrected chi connectivity index (χ4v) is 1.60. The van der Waals surface area contributed by atoms with Gasteiger partial charge in [-0.2, -0.15) is 0 Å². The number of thioether (sulfide) groups is 1. The summed E-state index contributed by atoms with van der Waals surface area (Å²) in [7, 11) is -1.43. The molecular weight excluding hydrogens is 185 g/mol. The maximum absolute atomic E-state index is 8.81. The van der Waals surface area contributed by atoms with Gasteiger partial charge in [-0.15, -0.1) is 11.8 Å². The van der Waals surface area contributed by atoms with Gasteiger partial charge in [-0.3, -0.25) is 4.98 Å². The van der Waals surface area contributed by atoms with E-state index in [1.807, 2.05) is 0 Å². The average Bonchev–Trinajstić information content (AvgIpc) is 2.04. The molecule has 0 amide bonds. The second-order valence-corrected chi connectivity index (χ2v) is 4.57. The normalized spacial score (nSPS) is 10.5. The SMILES string of the molecule is CC(C)Sc1ccc(B(O)O)cn1. The highest BCUT2D eigenvalue weighted by Crippen LogP contribution is 2.18. The Morgan fingerprint density at radius 3 is 2.46 bits per heavy atom. The van der Waals surface area contributed by atoms with Crippen molar-refractivity contribution in [3.63, 3.8) is 0 Å². The van der Waals surface area contributed by atoms with E-state index in [0.29, 0.717) is 10.7 Å². The second kappa shape index (κ2) is 4.65. The van der Waals surface area contributed by atoms with Crippen molar-refractivity contribution in [1.29, 1.82) is 0 Å². The van der Waals surface area contributed by atoms with Gasteiger partial charge in [0.2, 0.25) is 0 Å². The standard InChI is InChI=1S/C8H12BNO2S/c1-6(2)13-8-4-3-7(5-10-8)9(11)12/h3-6,11-12H,1-2H3. The minimum Gasteiger partial charge on any atom is -0.423 e. The van der Waals surface area contributed by atoms with E-state index in [1.54, 1.807) is 23.9 Å².